The summed E-state index contributed by atoms with van der Waals surface area (Å²) in [5, 5.41) is 3.30. The van der Waals surface area contributed by atoms with Gasteiger partial charge in [-0.15, -0.1) is 12.4 Å². The Morgan fingerprint density at radius 3 is 2.56 bits per heavy atom. The summed E-state index contributed by atoms with van der Waals surface area (Å²) in [6.45, 7) is 2.94. The van der Waals surface area contributed by atoms with E-state index in [1.165, 1.54) is 19.3 Å². The van der Waals surface area contributed by atoms with Crippen molar-refractivity contribution >= 4 is 18.3 Å². The summed E-state index contributed by atoms with van der Waals surface area (Å²) in [6, 6.07) is 0. The van der Waals surface area contributed by atoms with E-state index in [1.54, 1.807) is 0 Å². The van der Waals surface area contributed by atoms with Crippen LogP contribution in [0.4, 0.5) is 0 Å². The smallest absolute Gasteiger partial charge is 0.226 e. The van der Waals surface area contributed by atoms with Crippen molar-refractivity contribution < 1.29 is 4.79 Å². The molecule has 0 bridgehead atoms. The van der Waals surface area contributed by atoms with Gasteiger partial charge < -0.3 is 10.2 Å². The SMILES string of the molecule is CN(CC1CCC1)C(=O)[C@@H]1CCCNC1.Cl. The average molecular weight is 247 g/mol. The molecule has 1 aliphatic carbocycles. The number of hydrogen-bond acceptors (Lipinski definition) is 2. The number of amides is 1. The lowest BCUT2D eigenvalue weighted by Gasteiger charge is -2.33. The minimum absolute atomic E-state index is 0. The number of nitrogens with zero attached hydrogens (tertiary/aromatic N) is 1. The van der Waals surface area contributed by atoms with Crippen molar-refractivity contribution in [1.29, 1.82) is 0 Å². The Hall–Kier alpha value is -0.280. The van der Waals surface area contributed by atoms with Crippen molar-refractivity contribution in [2.45, 2.75) is 32.1 Å². The van der Waals surface area contributed by atoms with Crippen molar-refractivity contribution in [3.05, 3.63) is 0 Å². The van der Waals surface area contributed by atoms with Crippen LogP contribution in [0.5, 0.6) is 0 Å². The Kier molecular flexibility index (Phi) is 5.56. The molecule has 1 aliphatic heterocycles. The Bertz CT molecular complexity index is 225. The highest BCUT2D eigenvalue weighted by Gasteiger charge is 2.26. The summed E-state index contributed by atoms with van der Waals surface area (Å²) in [7, 11) is 1.97. The first kappa shape index (κ1) is 13.8. The predicted molar refractivity (Wildman–Crippen MR) is 67.8 cm³/mol. The maximum Gasteiger partial charge on any atom is 0.226 e. The molecule has 0 aromatic heterocycles. The summed E-state index contributed by atoms with van der Waals surface area (Å²) < 4.78 is 0. The molecular weight excluding hydrogens is 224 g/mol. The second kappa shape index (κ2) is 6.45. The van der Waals surface area contributed by atoms with Gasteiger partial charge in [-0.3, -0.25) is 4.79 Å². The van der Waals surface area contributed by atoms with E-state index in [0.717, 1.165) is 38.4 Å². The number of rotatable bonds is 3. The van der Waals surface area contributed by atoms with Gasteiger partial charge in [-0.2, -0.15) is 0 Å². The lowest BCUT2D eigenvalue weighted by atomic mass is 9.85. The van der Waals surface area contributed by atoms with Crippen LogP contribution in [0.2, 0.25) is 0 Å². The average Bonchev–Trinajstić information content (AvgIpc) is 2.23. The molecular formula is C12H23ClN2O. The van der Waals surface area contributed by atoms with E-state index < -0.39 is 0 Å². The predicted octanol–water partition coefficient (Wildman–Crippen LogP) is 1.67. The van der Waals surface area contributed by atoms with Crippen molar-refractivity contribution in [2.75, 3.05) is 26.7 Å². The summed E-state index contributed by atoms with van der Waals surface area (Å²) in [5.41, 5.74) is 0. The van der Waals surface area contributed by atoms with E-state index in [1.807, 2.05) is 11.9 Å². The van der Waals surface area contributed by atoms with Crippen LogP contribution in [-0.4, -0.2) is 37.5 Å². The van der Waals surface area contributed by atoms with Gasteiger partial charge in [0.1, 0.15) is 0 Å². The van der Waals surface area contributed by atoms with Crippen LogP contribution in [0.3, 0.4) is 0 Å². The third-order valence-electron chi connectivity index (χ3n) is 3.78. The zero-order chi connectivity index (χ0) is 10.7. The van der Waals surface area contributed by atoms with Gasteiger partial charge in [0, 0.05) is 20.1 Å². The van der Waals surface area contributed by atoms with E-state index in [2.05, 4.69) is 5.32 Å². The molecule has 2 rings (SSSR count). The number of nitrogens with one attached hydrogen (secondary N) is 1. The maximum absolute atomic E-state index is 12.1. The molecule has 0 unspecified atom stereocenters. The van der Waals surface area contributed by atoms with Crippen LogP contribution in [0.25, 0.3) is 0 Å². The minimum atomic E-state index is 0. The minimum Gasteiger partial charge on any atom is -0.345 e. The molecule has 1 amide bonds. The molecule has 4 heteroatoms. The molecule has 16 heavy (non-hydrogen) atoms. The second-order valence-electron chi connectivity index (χ2n) is 5.06. The molecule has 94 valence electrons. The first-order valence-corrected chi connectivity index (χ1v) is 6.23. The number of piperidine rings is 1. The molecule has 1 saturated heterocycles. The maximum atomic E-state index is 12.1. The Morgan fingerprint density at radius 2 is 2.06 bits per heavy atom. The Morgan fingerprint density at radius 1 is 1.31 bits per heavy atom. The van der Waals surface area contributed by atoms with Crippen LogP contribution in [0.1, 0.15) is 32.1 Å². The first-order valence-electron chi connectivity index (χ1n) is 6.23. The second-order valence-corrected chi connectivity index (χ2v) is 5.06. The van der Waals surface area contributed by atoms with E-state index >= 15 is 0 Å². The largest absolute Gasteiger partial charge is 0.345 e. The van der Waals surface area contributed by atoms with Crippen LogP contribution in [0, 0.1) is 11.8 Å². The number of hydrogen-bond donors (Lipinski definition) is 1. The highest BCUT2D eigenvalue weighted by Crippen LogP contribution is 2.27. The summed E-state index contributed by atoms with van der Waals surface area (Å²) >= 11 is 0. The summed E-state index contributed by atoms with van der Waals surface area (Å²) in [6.07, 6.45) is 6.22. The molecule has 0 aromatic carbocycles. The van der Waals surface area contributed by atoms with E-state index in [0.29, 0.717) is 5.91 Å². The van der Waals surface area contributed by atoms with Crippen molar-refractivity contribution in [1.82, 2.24) is 10.2 Å². The number of carbonyl (C=O) groups is 1. The molecule has 1 heterocycles. The topological polar surface area (TPSA) is 32.3 Å². The van der Waals surface area contributed by atoms with Gasteiger partial charge in [0.05, 0.1) is 5.92 Å². The highest BCUT2D eigenvalue weighted by molar-refractivity contribution is 5.85. The number of halogens is 1. The third-order valence-corrected chi connectivity index (χ3v) is 3.78. The van der Waals surface area contributed by atoms with Crippen molar-refractivity contribution in [2.24, 2.45) is 11.8 Å². The zero-order valence-electron chi connectivity index (χ0n) is 10.1. The summed E-state index contributed by atoms with van der Waals surface area (Å²) in [4.78, 5) is 14.0. The van der Waals surface area contributed by atoms with E-state index in [-0.39, 0.29) is 18.3 Å². The van der Waals surface area contributed by atoms with Crippen LogP contribution >= 0.6 is 12.4 Å². The van der Waals surface area contributed by atoms with Gasteiger partial charge >= 0.3 is 0 Å². The Balaban J connectivity index is 0.00000128. The molecule has 0 aromatic rings. The monoisotopic (exact) mass is 246 g/mol. The van der Waals surface area contributed by atoms with Gasteiger partial charge in [-0.05, 0) is 38.1 Å². The molecule has 0 spiro atoms. The van der Waals surface area contributed by atoms with Gasteiger partial charge in [0.25, 0.3) is 0 Å². The fourth-order valence-electron chi connectivity index (χ4n) is 2.53. The fourth-order valence-corrected chi connectivity index (χ4v) is 2.53. The molecule has 1 saturated carbocycles. The normalized spacial score (nSPS) is 25.4. The quantitative estimate of drug-likeness (QED) is 0.822. The molecule has 1 atom stereocenters. The number of carbonyl (C=O) groups excluding carboxylic acids is 1. The van der Waals surface area contributed by atoms with Crippen LogP contribution in [0.15, 0.2) is 0 Å². The molecule has 2 fully saturated rings. The van der Waals surface area contributed by atoms with Gasteiger partial charge in [-0.1, -0.05) is 6.42 Å². The highest BCUT2D eigenvalue weighted by atomic mass is 35.5. The van der Waals surface area contributed by atoms with Gasteiger partial charge in [0.2, 0.25) is 5.91 Å². The zero-order valence-corrected chi connectivity index (χ0v) is 10.9. The van der Waals surface area contributed by atoms with Crippen molar-refractivity contribution in [3.63, 3.8) is 0 Å². The lowest BCUT2D eigenvalue weighted by Crippen LogP contribution is -2.43. The van der Waals surface area contributed by atoms with E-state index in [4.69, 9.17) is 0 Å². The molecule has 0 radical (unpaired) electrons. The standard InChI is InChI=1S/C12H22N2O.ClH/c1-14(9-10-4-2-5-10)12(15)11-6-3-7-13-8-11;/h10-11,13H,2-9H2,1H3;1H/t11-;/m1./s1. The molecule has 1 N–H and O–H groups in total. The lowest BCUT2D eigenvalue weighted by molar-refractivity contribution is -0.135. The van der Waals surface area contributed by atoms with Crippen LogP contribution < -0.4 is 5.32 Å². The molecule has 3 nitrogen and oxygen atoms in total. The Labute approximate surface area is 104 Å². The van der Waals surface area contributed by atoms with Gasteiger partial charge in [0.15, 0.2) is 0 Å². The first-order chi connectivity index (χ1) is 7.27. The third kappa shape index (κ3) is 3.36. The van der Waals surface area contributed by atoms with E-state index in [9.17, 15) is 4.79 Å². The van der Waals surface area contributed by atoms with Crippen molar-refractivity contribution in [3.8, 4) is 0 Å². The molecule has 2 aliphatic rings. The van der Waals surface area contributed by atoms with Gasteiger partial charge in [-0.25, -0.2) is 0 Å². The van der Waals surface area contributed by atoms with Crippen LogP contribution in [-0.2, 0) is 4.79 Å². The fraction of sp³-hybridized carbons (Fsp3) is 0.917. The summed E-state index contributed by atoms with van der Waals surface area (Å²) in [5.74, 6) is 1.38.